The molecule has 1 fully saturated rings. The van der Waals surface area contributed by atoms with Crippen molar-refractivity contribution in [1.29, 1.82) is 0 Å². The van der Waals surface area contributed by atoms with Crippen molar-refractivity contribution in [3.05, 3.63) is 34.9 Å². The maximum atomic E-state index is 6.05. The number of hydrogen-bond donors (Lipinski definition) is 1. The van der Waals surface area contributed by atoms with E-state index < -0.39 is 0 Å². The molecule has 1 aromatic rings. The molecule has 1 heterocycles. The summed E-state index contributed by atoms with van der Waals surface area (Å²) in [6, 6.07) is 7.40. The van der Waals surface area contributed by atoms with Gasteiger partial charge >= 0.3 is 0 Å². The molecule has 2 rings (SSSR count). The second-order valence-electron chi connectivity index (χ2n) is 5.78. The normalized spacial score (nSPS) is 26.4. The van der Waals surface area contributed by atoms with Gasteiger partial charge < -0.3 is 10.5 Å². The third-order valence-corrected chi connectivity index (χ3v) is 4.20. The zero-order valence-electron chi connectivity index (χ0n) is 12.5. The first-order chi connectivity index (χ1) is 9.02. The van der Waals surface area contributed by atoms with Crippen molar-refractivity contribution < 1.29 is 4.74 Å². The molecule has 0 spiro atoms. The SMILES string of the molecule is Cc1ccc(C(CN)N2CC(C)OCC2C)cc1C. The van der Waals surface area contributed by atoms with Crippen LogP contribution in [0.25, 0.3) is 0 Å². The van der Waals surface area contributed by atoms with Gasteiger partial charge in [0.05, 0.1) is 12.7 Å². The Morgan fingerprint density at radius 1 is 1.32 bits per heavy atom. The Balaban J connectivity index is 2.25. The summed E-state index contributed by atoms with van der Waals surface area (Å²) >= 11 is 0. The van der Waals surface area contributed by atoms with Crippen LogP contribution in [-0.4, -0.2) is 36.7 Å². The molecule has 3 atom stereocenters. The second kappa shape index (κ2) is 6.04. The van der Waals surface area contributed by atoms with Crippen molar-refractivity contribution in [3.63, 3.8) is 0 Å². The Kier molecular flexibility index (Phi) is 4.61. The number of rotatable bonds is 3. The van der Waals surface area contributed by atoms with Gasteiger partial charge in [-0.2, -0.15) is 0 Å². The second-order valence-corrected chi connectivity index (χ2v) is 5.78. The fourth-order valence-electron chi connectivity index (χ4n) is 2.80. The van der Waals surface area contributed by atoms with Gasteiger partial charge in [0.1, 0.15) is 0 Å². The Morgan fingerprint density at radius 2 is 2.05 bits per heavy atom. The van der Waals surface area contributed by atoms with E-state index in [-0.39, 0.29) is 6.10 Å². The molecule has 3 unspecified atom stereocenters. The fraction of sp³-hybridized carbons (Fsp3) is 0.625. The van der Waals surface area contributed by atoms with Crippen LogP contribution in [0.15, 0.2) is 18.2 Å². The van der Waals surface area contributed by atoms with E-state index in [9.17, 15) is 0 Å². The molecule has 0 amide bonds. The van der Waals surface area contributed by atoms with E-state index in [2.05, 4.69) is 50.8 Å². The van der Waals surface area contributed by atoms with Gasteiger partial charge in [0, 0.05) is 25.2 Å². The minimum absolute atomic E-state index is 0.289. The number of nitrogens with two attached hydrogens (primary N) is 1. The molecule has 0 aromatic heterocycles. The predicted molar refractivity (Wildman–Crippen MR) is 79.3 cm³/mol. The zero-order valence-corrected chi connectivity index (χ0v) is 12.5. The third-order valence-electron chi connectivity index (χ3n) is 4.20. The first-order valence-corrected chi connectivity index (χ1v) is 7.17. The van der Waals surface area contributed by atoms with Gasteiger partial charge in [0.15, 0.2) is 0 Å². The van der Waals surface area contributed by atoms with Crippen molar-refractivity contribution in [2.45, 2.75) is 45.9 Å². The van der Waals surface area contributed by atoms with Crippen LogP contribution in [0.5, 0.6) is 0 Å². The molecule has 19 heavy (non-hydrogen) atoms. The van der Waals surface area contributed by atoms with Crippen molar-refractivity contribution in [1.82, 2.24) is 4.90 Å². The first-order valence-electron chi connectivity index (χ1n) is 7.17. The Labute approximate surface area is 116 Å². The van der Waals surface area contributed by atoms with Gasteiger partial charge in [0.25, 0.3) is 0 Å². The number of hydrogen-bond acceptors (Lipinski definition) is 3. The number of aryl methyl sites for hydroxylation is 2. The topological polar surface area (TPSA) is 38.5 Å². The molecule has 1 aliphatic heterocycles. The fourth-order valence-corrected chi connectivity index (χ4v) is 2.80. The lowest BCUT2D eigenvalue weighted by atomic mass is 9.98. The van der Waals surface area contributed by atoms with Crippen LogP contribution in [0.1, 0.15) is 36.6 Å². The molecule has 0 bridgehead atoms. The van der Waals surface area contributed by atoms with E-state index in [1.54, 1.807) is 0 Å². The summed E-state index contributed by atoms with van der Waals surface area (Å²) < 4.78 is 5.71. The van der Waals surface area contributed by atoms with Gasteiger partial charge in [-0.3, -0.25) is 4.90 Å². The molecule has 0 saturated carbocycles. The van der Waals surface area contributed by atoms with Crippen molar-refractivity contribution in [3.8, 4) is 0 Å². The standard InChI is InChI=1S/C16H26N2O/c1-11-5-6-15(7-12(11)2)16(8-17)18-9-14(4)19-10-13(18)3/h5-7,13-14,16H,8-10,17H2,1-4H3. The summed E-state index contributed by atoms with van der Waals surface area (Å²) in [4.78, 5) is 2.48. The minimum atomic E-state index is 0.289. The quantitative estimate of drug-likeness (QED) is 0.909. The number of morpholine rings is 1. The summed E-state index contributed by atoms with van der Waals surface area (Å²) in [5.41, 5.74) is 10.0. The summed E-state index contributed by atoms with van der Waals surface area (Å²) in [6.45, 7) is 11.1. The van der Waals surface area contributed by atoms with Gasteiger partial charge in [-0.05, 0) is 44.4 Å². The molecule has 1 aliphatic rings. The lowest BCUT2D eigenvalue weighted by Crippen LogP contribution is -2.50. The molecular weight excluding hydrogens is 236 g/mol. The summed E-state index contributed by atoms with van der Waals surface area (Å²) in [6.07, 6.45) is 0.289. The minimum Gasteiger partial charge on any atom is -0.376 e. The largest absolute Gasteiger partial charge is 0.376 e. The average molecular weight is 262 g/mol. The molecule has 3 heteroatoms. The smallest absolute Gasteiger partial charge is 0.0675 e. The van der Waals surface area contributed by atoms with Gasteiger partial charge in [0.2, 0.25) is 0 Å². The maximum Gasteiger partial charge on any atom is 0.0675 e. The summed E-state index contributed by atoms with van der Waals surface area (Å²) in [7, 11) is 0. The Hall–Kier alpha value is -0.900. The van der Waals surface area contributed by atoms with Crippen LogP contribution in [0, 0.1) is 13.8 Å². The molecule has 3 nitrogen and oxygen atoms in total. The highest BCUT2D eigenvalue weighted by atomic mass is 16.5. The van der Waals surface area contributed by atoms with Gasteiger partial charge in [-0.15, -0.1) is 0 Å². The Bertz CT molecular complexity index is 433. The van der Waals surface area contributed by atoms with Crippen LogP contribution < -0.4 is 5.73 Å². The summed E-state index contributed by atoms with van der Waals surface area (Å²) in [5.74, 6) is 0. The average Bonchev–Trinajstić information content (AvgIpc) is 2.38. The van der Waals surface area contributed by atoms with Crippen LogP contribution >= 0.6 is 0 Å². The molecule has 0 radical (unpaired) electrons. The van der Waals surface area contributed by atoms with Crippen molar-refractivity contribution in [2.24, 2.45) is 5.73 Å². The molecule has 1 aromatic carbocycles. The number of ether oxygens (including phenoxy) is 1. The lowest BCUT2D eigenvalue weighted by molar-refractivity contribution is -0.0653. The predicted octanol–water partition coefficient (Wildman–Crippen LogP) is 2.41. The van der Waals surface area contributed by atoms with Crippen molar-refractivity contribution >= 4 is 0 Å². The highest BCUT2D eigenvalue weighted by Gasteiger charge is 2.29. The lowest BCUT2D eigenvalue weighted by Gasteiger charge is -2.41. The monoisotopic (exact) mass is 262 g/mol. The third kappa shape index (κ3) is 3.16. The van der Waals surface area contributed by atoms with E-state index >= 15 is 0 Å². The molecule has 0 aliphatic carbocycles. The van der Waals surface area contributed by atoms with Crippen LogP contribution in [-0.2, 0) is 4.74 Å². The molecular formula is C16H26N2O. The molecule has 106 valence electrons. The van der Waals surface area contributed by atoms with E-state index in [0.29, 0.717) is 18.6 Å². The van der Waals surface area contributed by atoms with Crippen LogP contribution in [0.3, 0.4) is 0 Å². The first kappa shape index (κ1) is 14.5. The maximum absolute atomic E-state index is 6.05. The zero-order chi connectivity index (χ0) is 14.0. The number of nitrogens with zero attached hydrogens (tertiary/aromatic N) is 1. The van der Waals surface area contributed by atoms with Crippen LogP contribution in [0.2, 0.25) is 0 Å². The summed E-state index contributed by atoms with van der Waals surface area (Å²) in [5, 5.41) is 0. The van der Waals surface area contributed by atoms with E-state index in [0.717, 1.165) is 13.2 Å². The highest BCUT2D eigenvalue weighted by molar-refractivity contribution is 5.32. The molecule has 2 N–H and O–H groups in total. The Morgan fingerprint density at radius 3 is 2.68 bits per heavy atom. The van der Waals surface area contributed by atoms with E-state index in [1.807, 2.05) is 0 Å². The highest BCUT2D eigenvalue weighted by Crippen LogP contribution is 2.26. The van der Waals surface area contributed by atoms with E-state index in [1.165, 1.54) is 16.7 Å². The van der Waals surface area contributed by atoms with Gasteiger partial charge in [-0.1, -0.05) is 18.2 Å². The van der Waals surface area contributed by atoms with Gasteiger partial charge in [-0.25, -0.2) is 0 Å². The molecule has 1 saturated heterocycles. The number of benzene rings is 1. The van der Waals surface area contributed by atoms with Crippen LogP contribution in [0.4, 0.5) is 0 Å². The van der Waals surface area contributed by atoms with E-state index in [4.69, 9.17) is 10.5 Å². The van der Waals surface area contributed by atoms with Crippen molar-refractivity contribution in [2.75, 3.05) is 19.7 Å².